The highest BCUT2D eigenvalue weighted by Crippen LogP contribution is 2.24. The molecule has 2 N–H and O–H groups in total. The van der Waals surface area contributed by atoms with E-state index in [9.17, 15) is 18.0 Å². The molecule has 9 heteroatoms. The van der Waals surface area contributed by atoms with Crippen molar-refractivity contribution in [1.29, 1.82) is 0 Å². The molecule has 0 bridgehead atoms. The monoisotopic (exact) mass is 494 g/mol. The van der Waals surface area contributed by atoms with Crippen LogP contribution in [0.4, 0.5) is 5.69 Å². The fourth-order valence-electron chi connectivity index (χ4n) is 4.57. The highest BCUT2D eigenvalue weighted by molar-refractivity contribution is 7.89. The van der Waals surface area contributed by atoms with Gasteiger partial charge in [-0.1, -0.05) is 18.2 Å². The van der Waals surface area contributed by atoms with Gasteiger partial charge in [0.05, 0.1) is 16.8 Å². The van der Waals surface area contributed by atoms with Crippen molar-refractivity contribution in [3.05, 3.63) is 65.4 Å². The summed E-state index contributed by atoms with van der Waals surface area (Å²) in [5.74, 6) is -0.296. The predicted molar refractivity (Wildman–Crippen MR) is 136 cm³/mol. The first-order valence-corrected chi connectivity index (χ1v) is 13.1. The molecule has 0 atom stereocenters. The SMILES string of the molecule is CC(=O)Nc1ccc(S(=O)(=O)N2CCC(NC(=O)Cc3c(C)nc4ccccc4c3C)CC2)cc1. The number of nitrogens with one attached hydrogen (secondary N) is 2. The highest BCUT2D eigenvalue weighted by Gasteiger charge is 2.30. The van der Waals surface area contributed by atoms with Crippen molar-refractivity contribution in [2.24, 2.45) is 0 Å². The lowest BCUT2D eigenvalue weighted by molar-refractivity contribution is -0.121. The lowest BCUT2D eigenvalue weighted by atomic mass is 9.98. The van der Waals surface area contributed by atoms with Gasteiger partial charge in [-0.3, -0.25) is 14.6 Å². The molecule has 3 aromatic rings. The van der Waals surface area contributed by atoms with E-state index in [2.05, 4.69) is 15.6 Å². The topological polar surface area (TPSA) is 108 Å². The van der Waals surface area contributed by atoms with Crippen LogP contribution < -0.4 is 10.6 Å². The maximum Gasteiger partial charge on any atom is 0.243 e. The molecular formula is C26H30N4O4S. The number of nitrogens with zero attached hydrogens (tertiary/aromatic N) is 2. The molecule has 1 aliphatic heterocycles. The molecule has 8 nitrogen and oxygen atoms in total. The normalized spacial score (nSPS) is 15.2. The van der Waals surface area contributed by atoms with E-state index in [4.69, 9.17) is 0 Å². The standard InChI is InChI=1S/C26H30N4O4S/c1-17-23-6-4-5-7-25(23)27-18(2)24(17)16-26(32)29-21-12-14-30(15-13-21)35(33,34)22-10-8-20(9-11-22)28-19(3)31/h4-11,21H,12-16H2,1-3H3,(H,28,31)(H,29,32). The Kier molecular flexibility index (Phi) is 7.18. The Morgan fingerprint density at radius 1 is 1.03 bits per heavy atom. The highest BCUT2D eigenvalue weighted by atomic mass is 32.2. The molecule has 184 valence electrons. The lowest BCUT2D eigenvalue weighted by Crippen LogP contribution is -2.46. The lowest BCUT2D eigenvalue weighted by Gasteiger charge is -2.31. The van der Waals surface area contributed by atoms with Crippen LogP contribution in [0.15, 0.2) is 53.4 Å². The molecule has 2 heterocycles. The average Bonchev–Trinajstić information content (AvgIpc) is 2.82. The first-order valence-electron chi connectivity index (χ1n) is 11.7. The summed E-state index contributed by atoms with van der Waals surface area (Å²) in [5.41, 5.74) is 4.31. The maximum absolute atomic E-state index is 13.0. The second-order valence-corrected chi connectivity index (χ2v) is 10.9. The Labute approximate surface area is 205 Å². The zero-order chi connectivity index (χ0) is 25.2. The third kappa shape index (κ3) is 5.52. The summed E-state index contributed by atoms with van der Waals surface area (Å²) >= 11 is 0. The van der Waals surface area contributed by atoms with Crippen LogP contribution in [0.2, 0.25) is 0 Å². The number of aromatic nitrogens is 1. The predicted octanol–water partition coefficient (Wildman–Crippen LogP) is 3.32. The Bertz CT molecular complexity index is 1360. The molecule has 35 heavy (non-hydrogen) atoms. The second kappa shape index (κ2) is 10.1. The van der Waals surface area contributed by atoms with Crippen molar-refractivity contribution in [3.8, 4) is 0 Å². The van der Waals surface area contributed by atoms with Gasteiger partial charge < -0.3 is 10.6 Å². The fraction of sp³-hybridized carbons (Fsp3) is 0.346. The number of anilines is 1. The number of aryl methyl sites for hydroxylation is 2. The van der Waals surface area contributed by atoms with E-state index < -0.39 is 10.0 Å². The number of hydrogen-bond acceptors (Lipinski definition) is 5. The van der Waals surface area contributed by atoms with E-state index in [1.54, 1.807) is 12.1 Å². The van der Waals surface area contributed by atoms with Gasteiger partial charge in [0.15, 0.2) is 0 Å². The number of amides is 2. The largest absolute Gasteiger partial charge is 0.353 e. The maximum atomic E-state index is 13.0. The number of carbonyl (C=O) groups is 2. The van der Waals surface area contributed by atoms with Crippen molar-refractivity contribution in [2.45, 2.75) is 51.0 Å². The minimum atomic E-state index is -3.64. The van der Waals surface area contributed by atoms with E-state index in [0.717, 1.165) is 27.7 Å². The summed E-state index contributed by atoms with van der Waals surface area (Å²) < 4.78 is 27.5. The smallest absolute Gasteiger partial charge is 0.243 e. The summed E-state index contributed by atoms with van der Waals surface area (Å²) in [4.78, 5) is 28.8. The van der Waals surface area contributed by atoms with Crippen LogP contribution in [0.25, 0.3) is 10.9 Å². The van der Waals surface area contributed by atoms with Gasteiger partial charge in [-0.05, 0) is 68.1 Å². The van der Waals surface area contributed by atoms with Gasteiger partial charge in [0.25, 0.3) is 0 Å². The summed E-state index contributed by atoms with van der Waals surface area (Å²) in [7, 11) is -3.64. The summed E-state index contributed by atoms with van der Waals surface area (Å²) in [6, 6.07) is 14.0. The van der Waals surface area contributed by atoms with E-state index >= 15 is 0 Å². The van der Waals surface area contributed by atoms with Crippen LogP contribution in [0, 0.1) is 13.8 Å². The molecule has 2 amide bonds. The average molecular weight is 495 g/mol. The molecule has 4 rings (SSSR count). The van der Waals surface area contributed by atoms with Crippen LogP contribution in [0.5, 0.6) is 0 Å². The minimum Gasteiger partial charge on any atom is -0.353 e. The van der Waals surface area contributed by atoms with Gasteiger partial charge in [-0.2, -0.15) is 4.31 Å². The van der Waals surface area contributed by atoms with Crippen LogP contribution in [0.3, 0.4) is 0 Å². The molecule has 1 fully saturated rings. The van der Waals surface area contributed by atoms with Gasteiger partial charge >= 0.3 is 0 Å². The van der Waals surface area contributed by atoms with Gasteiger partial charge in [0.1, 0.15) is 0 Å². The number of rotatable bonds is 6. The molecule has 1 aromatic heterocycles. The van der Waals surface area contributed by atoms with Crippen LogP contribution in [-0.2, 0) is 26.0 Å². The van der Waals surface area contributed by atoms with Crippen molar-refractivity contribution in [3.63, 3.8) is 0 Å². The number of fused-ring (bicyclic) bond motifs is 1. The molecule has 0 radical (unpaired) electrons. The molecule has 2 aromatic carbocycles. The molecule has 0 aliphatic carbocycles. The number of sulfonamides is 1. The quantitative estimate of drug-likeness (QED) is 0.547. The number of benzene rings is 2. The van der Waals surface area contributed by atoms with Crippen molar-refractivity contribution < 1.29 is 18.0 Å². The molecule has 0 spiro atoms. The molecule has 1 saturated heterocycles. The minimum absolute atomic E-state index is 0.0786. The second-order valence-electron chi connectivity index (χ2n) is 8.95. The Balaban J connectivity index is 1.36. The number of carbonyl (C=O) groups excluding carboxylic acids is 2. The Hall–Kier alpha value is -3.30. The first-order chi connectivity index (χ1) is 16.6. The van der Waals surface area contributed by atoms with Gasteiger partial charge in [-0.25, -0.2) is 8.42 Å². The molecule has 0 saturated carbocycles. The zero-order valence-corrected chi connectivity index (χ0v) is 21.0. The molecule has 0 unspecified atom stereocenters. The van der Waals surface area contributed by atoms with Gasteiger partial charge in [-0.15, -0.1) is 0 Å². The Morgan fingerprint density at radius 3 is 2.34 bits per heavy atom. The Morgan fingerprint density at radius 2 is 1.69 bits per heavy atom. The van der Waals surface area contributed by atoms with E-state index in [0.29, 0.717) is 31.6 Å². The number of piperidine rings is 1. The summed E-state index contributed by atoms with van der Waals surface area (Å²) in [6.45, 7) is 6.00. The van der Waals surface area contributed by atoms with Crippen molar-refractivity contribution in [1.82, 2.24) is 14.6 Å². The van der Waals surface area contributed by atoms with Crippen molar-refractivity contribution >= 4 is 38.4 Å². The fourth-order valence-corrected chi connectivity index (χ4v) is 6.04. The number of hydrogen-bond donors (Lipinski definition) is 2. The van der Waals surface area contributed by atoms with Crippen LogP contribution in [-0.4, -0.2) is 48.7 Å². The zero-order valence-electron chi connectivity index (χ0n) is 20.2. The summed E-state index contributed by atoms with van der Waals surface area (Å²) in [5, 5.41) is 6.75. The summed E-state index contributed by atoms with van der Waals surface area (Å²) in [6.07, 6.45) is 1.33. The third-order valence-electron chi connectivity index (χ3n) is 6.45. The van der Waals surface area contributed by atoms with Crippen molar-refractivity contribution in [2.75, 3.05) is 18.4 Å². The third-order valence-corrected chi connectivity index (χ3v) is 8.37. The van der Waals surface area contributed by atoms with E-state index in [-0.39, 0.29) is 29.2 Å². The van der Waals surface area contributed by atoms with Crippen LogP contribution >= 0.6 is 0 Å². The van der Waals surface area contributed by atoms with Gasteiger partial charge in [0, 0.05) is 42.8 Å². The van der Waals surface area contributed by atoms with Crippen LogP contribution in [0.1, 0.15) is 36.6 Å². The van der Waals surface area contributed by atoms with E-state index in [1.165, 1.54) is 23.4 Å². The van der Waals surface area contributed by atoms with E-state index in [1.807, 2.05) is 38.1 Å². The molecular weight excluding hydrogens is 464 g/mol. The number of pyridine rings is 1. The molecule has 1 aliphatic rings. The van der Waals surface area contributed by atoms with Gasteiger partial charge in [0.2, 0.25) is 21.8 Å². The number of para-hydroxylation sites is 1. The first kappa shape index (κ1) is 24.8.